The molecule has 1 aliphatic rings. The van der Waals surface area contributed by atoms with Gasteiger partial charge in [-0.3, -0.25) is 0 Å². The predicted octanol–water partition coefficient (Wildman–Crippen LogP) is 3.62. The van der Waals surface area contributed by atoms with Crippen LogP contribution in [0.4, 0.5) is 5.69 Å². The van der Waals surface area contributed by atoms with Crippen LogP contribution in [-0.2, 0) is 0 Å². The number of rotatable bonds is 6. The summed E-state index contributed by atoms with van der Waals surface area (Å²) in [5, 5.41) is 3.67. The third-order valence-corrected chi connectivity index (χ3v) is 3.85. The Morgan fingerprint density at radius 2 is 1.95 bits per heavy atom. The average molecular weight is 276 g/mol. The zero-order valence-electron chi connectivity index (χ0n) is 13.1. The Bertz CT molecular complexity index is 398. The molecule has 1 saturated heterocycles. The van der Waals surface area contributed by atoms with Gasteiger partial charge in [-0.2, -0.15) is 0 Å². The van der Waals surface area contributed by atoms with Crippen LogP contribution in [0.5, 0.6) is 5.75 Å². The maximum absolute atomic E-state index is 5.91. The molecule has 0 saturated carbocycles. The molecule has 2 rings (SSSR count). The van der Waals surface area contributed by atoms with Crippen LogP contribution in [0, 0.1) is 5.92 Å². The lowest BCUT2D eigenvalue weighted by atomic mass is 10.0. The summed E-state index contributed by atoms with van der Waals surface area (Å²) in [6.07, 6.45) is 2.43. The molecule has 1 aliphatic heterocycles. The summed E-state index contributed by atoms with van der Waals surface area (Å²) in [4.78, 5) is 2.51. The fourth-order valence-corrected chi connectivity index (χ4v) is 2.58. The van der Waals surface area contributed by atoms with Gasteiger partial charge in [-0.05, 0) is 37.4 Å². The van der Waals surface area contributed by atoms with E-state index in [4.69, 9.17) is 4.74 Å². The van der Waals surface area contributed by atoms with Gasteiger partial charge >= 0.3 is 0 Å². The number of ether oxygens (including phenoxy) is 1. The van der Waals surface area contributed by atoms with Crippen LogP contribution >= 0.6 is 0 Å². The van der Waals surface area contributed by atoms with Crippen molar-refractivity contribution < 1.29 is 4.74 Å². The number of nitrogens with zero attached hydrogens (tertiary/aromatic N) is 1. The number of likely N-dealkylation sites (tertiary alicyclic amines) is 1. The third-order valence-electron chi connectivity index (χ3n) is 3.85. The van der Waals surface area contributed by atoms with Crippen LogP contribution in [0.2, 0.25) is 0 Å². The third kappa shape index (κ3) is 4.41. The minimum atomic E-state index is 0.552. The SMILES string of the molecule is CCN1CCC(Nc2ccccc2OCC(C)C)CC1. The lowest BCUT2D eigenvalue weighted by molar-refractivity contribution is 0.229. The second-order valence-electron chi connectivity index (χ2n) is 6.05. The van der Waals surface area contributed by atoms with Crippen molar-refractivity contribution in [3.05, 3.63) is 24.3 Å². The van der Waals surface area contributed by atoms with Crippen molar-refractivity contribution in [1.82, 2.24) is 4.90 Å². The van der Waals surface area contributed by atoms with Gasteiger partial charge in [0.25, 0.3) is 0 Å². The Balaban J connectivity index is 1.92. The van der Waals surface area contributed by atoms with E-state index in [0.717, 1.165) is 18.0 Å². The van der Waals surface area contributed by atoms with E-state index in [9.17, 15) is 0 Å². The maximum Gasteiger partial charge on any atom is 0.142 e. The average Bonchev–Trinajstić information content (AvgIpc) is 2.47. The summed E-state index contributed by atoms with van der Waals surface area (Å²) in [6.45, 7) is 10.9. The number of para-hydroxylation sites is 2. The molecule has 1 heterocycles. The number of hydrogen-bond donors (Lipinski definition) is 1. The number of nitrogens with one attached hydrogen (secondary N) is 1. The highest BCUT2D eigenvalue weighted by Crippen LogP contribution is 2.27. The van der Waals surface area contributed by atoms with Gasteiger partial charge < -0.3 is 15.0 Å². The molecule has 0 amide bonds. The molecule has 112 valence electrons. The van der Waals surface area contributed by atoms with Gasteiger partial charge in [0.15, 0.2) is 0 Å². The van der Waals surface area contributed by atoms with Crippen LogP contribution in [0.25, 0.3) is 0 Å². The molecule has 0 aliphatic carbocycles. The Morgan fingerprint density at radius 1 is 1.25 bits per heavy atom. The van der Waals surface area contributed by atoms with E-state index in [1.54, 1.807) is 0 Å². The monoisotopic (exact) mass is 276 g/mol. The molecule has 0 aromatic heterocycles. The van der Waals surface area contributed by atoms with E-state index in [-0.39, 0.29) is 0 Å². The van der Waals surface area contributed by atoms with E-state index in [1.165, 1.54) is 32.5 Å². The Kier molecular flexibility index (Phi) is 5.72. The van der Waals surface area contributed by atoms with E-state index >= 15 is 0 Å². The lowest BCUT2D eigenvalue weighted by Crippen LogP contribution is -2.38. The van der Waals surface area contributed by atoms with Crippen LogP contribution in [0.1, 0.15) is 33.6 Å². The van der Waals surface area contributed by atoms with E-state index in [0.29, 0.717) is 12.0 Å². The standard InChI is InChI=1S/C17H28N2O/c1-4-19-11-9-15(10-12-19)18-16-7-5-6-8-17(16)20-13-14(2)3/h5-8,14-15,18H,4,9-13H2,1-3H3. The smallest absolute Gasteiger partial charge is 0.142 e. The summed E-state index contributed by atoms with van der Waals surface area (Å²) >= 11 is 0. The zero-order valence-corrected chi connectivity index (χ0v) is 13.1. The molecule has 0 unspecified atom stereocenters. The normalized spacial score (nSPS) is 17.4. The first-order chi connectivity index (χ1) is 9.69. The molecule has 3 nitrogen and oxygen atoms in total. The number of benzene rings is 1. The molecule has 0 spiro atoms. The first-order valence-electron chi connectivity index (χ1n) is 7.89. The molecular weight excluding hydrogens is 248 g/mol. The first kappa shape index (κ1) is 15.2. The number of anilines is 1. The molecule has 1 aromatic carbocycles. The van der Waals surface area contributed by atoms with Crippen molar-refractivity contribution >= 4 is 5.69 Å². The van der Waals surface area contributed by atoms with Crippen LogP contribution in [-0.4, -0.2) is 37.2 Å². The molecule has 1 aromatic rings. The predicted molar refractivity (Wildman–Crippen MR) is 85.5 cm³/mol. The van der Waals surface area contributed by atoms with Gasteiger partial charge in [-0.25, -0.2) is 0 Å². The minimum absolute atomic E-state index is 0.552. The Hall–Kier alpha value is -1.22. The van der Waals surface area contributed by atoms with Gasteiger partial charge in [0.1, 0.15) is 5.75 Å². The van der Waals surface area contributed by atoms with Crippen LogP contribution < -0.4 is 10.1 Å². The maximum atomic E-state index is 5.91. The van der Waals surface area contributed by atoms with Crippen molar-refractivity contribution in [2.45, 2.75) is 39.7 Å². The molecule has 3 heteroatoms. The van der Waals surface area contributed by atoms with Gasteiger partial charge in [-0.1, -0.05) is 32.9 Å². The number of hydrogen-bond acceptors (Lipinski definition) is 3. The summed E-state index contributed by atoms with van der Waals surface area (Å²) < 4.78 is 5.91. The summed E-state index contributed by atoms with van der Waals surface area (Å²) in [6, 6.07) is 8.88. The van der Waals surface area contributed by atoms with Gasteiger partial charge in [-0.15, -0.1) is 0 Å². The molecule has 0 atom stereocenters. The van der Waals surface area contributed by atoms with Crippen molar-refractivity contribution in [3.8, 4) is 5.75 Å². The molecule has 0 bridgehead atoms. The van der Waals surface area contributed by atoms with Crippen molar-refractivity contribution in [2.24, 2.45) is 5.92 Å². The largest absolute Gasteiger partial charge is 0.491 e. The second-order valence-corrected chi connectivity index (χ2v) is 6.05. The van der Waals surface area contributed by atoms with E-state index in [1.807, 2.05) is 6.07 Å². The molecular formula is C17H28N2O. The van der Waals surface area contributed by atoms with Gasteiger partial charge in [0.2, 0.25) is 0 Å². The quantitative estimate of drug-likeness (QED) is 0.859. The highest BCUT2D eigenvalue weighted by atomic mass is 16.5. The fraction of sp³-hybridized carbons (Fsp3) is 0.647. The topological polar surface area (TPSA) is 24.5 Å². The lowest BCUT2D eigenvalue weighted by Gasteiger charge is -2.32. The first-order valence-corrected chi connectivity index (χ1v) is 7.89. The van der Waals surface area contributed by atoms with Crippen LogP contribution in [0.15, 0.2) is 24.3 Å². The van der Waals surface area contributed by atoms with Crippen molar-refractivity contribution in [2.75, 3.05) is 31.6 Å². The highest BCUT2D eigenvalue weighted by Gasteiger charge is 2.18. The van der Waals surface area contributed by atoms with E-state index < -0.39 is 0 Å². The van der Waals surface area contributed by atoms with E-state index in [2.05, 4.69) is 49.2 Å². The Morgan fingerprint density at radius 3 is 2.60 bits per heavy atom. The molecule has 1 fully saturated rings. The molecule has 20 heavy (non-hydrogen) atoms. The zero-order chi connectivity index (χ0) is 14.4. The van der Waals surface area contributed by atoms with Crippen LogP contribution in [0.3, 0.4) is 0 Å². The van der Waals surface area contributed by atoms with Crippen molar-refractivity contribution in [3.63, 3.8) is 0 Å². The fourth-order valence-electron chi connectivity index (χ4n) is 2.58. The summed E-state index contributed by atoms with van der Waals surface area (Å²) in [7, 11) is 0. The molecule has 0 radical (unpaired) electrons. The summed E-state index contributed by atoms with van der Waals surface area (Å²) in [5.41, 5.74) is 1.14. The van der Waals surface area contributed by atoms with Gasteiger partial charge in [0, 0.05) is 19.1 Å². The minimum Gasteiger partial charge on any atom is -0.491 e. The number of piperidine rings is 1. The second kappa shape index (κ2) is 7.53. The Labute approximate surface area is 123 Å². The van der Waals surface area contributed by atoms with Crippen molar-refractivity contribution in [1.29, 1.82) is 0 Å². The molecule has 1 N–H and O–H groups in total. The highest BCUT2D eigenvalue weighted by molar-refractivity contribution is 5.56. The van der Waals surface area contributed by atoms with Gasteiger partial charge in [0.05, 0.1) is 12.3 Å². The summed E-state index contributed by atoms with van der Waals surface area (Å²) in [5.74, 6) is 1.54.